The number of nitrogens with zero attached hydrogens (tertiary/aromatic N) is 2. The summed E-state index contributed by atoms with van der Waals surface area (Å²) in [6.07, 6.45) is 12.3. The van der Waals surface area contributed by atoms with Crippen LogP contribution in [0.1, 0.15) is 105 Å². The molecule has 261 valence electrons. The average Bonchev–Trinajstić information content (AvgIpc) is 3.49. The van der Waals surface area contributed by atoms with Crippen LogP contribution in [-0.2, 0) is 43.2 Å². The summed E-state index contributed by atoms with van der Waals surface area (Å²) >= 11 is 0. The first-order valence-electron chi connectivity index (χ1n) is 17.5. The molecule has 0 bridgehead atoms. The molecule has 0 spiro atoms. The minimum Gasteiger partial charge on any atom is -0.512 e. The maximum absolute atomic E-state index is 12.2. The summed E-state index contributed by atoms with van der Waals surface area (Å²) in [6, 6.07) is 18.5. The van der Waals surface area contributed by atoms with E-state index in [2.05, 4.69) is 68.2 Å². The van der Waals surface area contributed by atoms with Crippen molar-refractivity contribution in [1.82, 2.24) is 9.97 Å². The summed E-state index contributed by atoms with van der Waals surface area (Å²) < 4.78 is 6.38. The molecule has 0 aliphatic heterocycles. The Morgan fingerprint density at radius 3 is 2.24 bits per heavy atom. The third-order valence-corrected chi connectivity index (χ3v) is 10.9. The Hall–Kier alpha value is -3.60. The number of ketones is 1. The fourth-order valence-electron chi connectivity index (χ4n) is 6.54. The molecule has 6 rings (SSSR count). The van der Waals surface area contributed by atoms with Crippen LogP contribution in [0.25, 0.3) is 44.3 Å². The van der Waals surface area contributed by atoms with Gasteiger partial charge in [-0.25, -0.2) is 0 Å². The normalized spacial score (nSPS) is 13.3. The van der Waals surface area contributed by atoms with E-state index in [0.717, 1.165) is 77.5 Å². The van der Waals surface area contributed by atoms with Crippen LogP contribution in [0.15, 0.2) is 77.3 Å². The Bertz CT molecular complexity index is 1970. The van der Waals surface area contributed by atoms with Gasteiger partial charge in [-0.2, -0.15) is 0 Å². The van der Waals surface area contributed by atoms with E-state index in [-0.39, 0.29) is 47.9 Å². The summed E-state index contributed by atoms with van der Waals surface area (Å²) in [4.78, 5) is 21.3. The van der Waals surface area contributed by atoms with Crippen molar-refractivity contribution in [3.05, 3.63) is 95.6 Å². The van der Waals surface area contributed by atoms with Crippen molar-refractivity contribution in [3.8, 4) is 22.6 Å². The minimum absolute atomic E-state index is 0. The Morgan fingerprint density at radius 1 is 0.918 bits per heavy atom. The van der Waals surface area contributed by atoms with Crippen molar-refractivity contribution in [1.29, 1.82) is 0 Å². The summed E-state index contributed by atoms with van der Waals surface area (Å²) in [5, 5.41) is 13.6. The molecule has 0 unspecified atom stereocenters. The first-order valence-corrected chi connectivity index (χ1v) is 17.5. The van der Waals surface area contributed by atoms with Crippen LogP contribution in [0.2, 0.25) is 0 Å². The molecule has 1 radical (unpaired) electrons. The molecule has 1 aliphatic carbocycles. The molecule has 0 saturated carbocycles. The summed E-state index contributed by atoms with van der Waals surface area (Å²) in [7, 11) is 0. The van der Waals surface area contributed by atoms with Gasteiger partial charge >= 0.3 is 0 Å². The Labute approximate surface area is 306 Å². The third-order valence-electron chi connectivity index (χ3n) is 10.9. The van der Waals surface area contributed by atoms with Crippen LogP contribution in [0.4, 0.5) is 0 Å². The van der Waals surface area contributed by atoms with Gasteiger partial charge in [-0.1, -0.05) is 91.5 Å². The molecular formula is C43H51IrN2O3-. The predicted octanol–water partition coefficient (Wildman–Crippen LogP) is 11.6. The zero-order valence-electron chi connectivity index (χ0n) is 30.6. The number of aryl methyl sites for hydroxylation is 2. The van der Waals surface area contributed by atoms with Gasteiger partial charge in [-0.3, -0.25) is 14.8 Å². The van der Waals surface area contributed by atoms with Crippen molar-refractivity contribution < 1.29 is 34.4 Å². The van der Waals surface area contributed by atoms with Crippen LogP contribution in [0.3, 0.4) is 0 Å². The van der Waals surface area contributed by atoms with Crippen LogP contribution in [0, 0.1) is 16.9 Å². The largest absolute Gasteiger partial charge is 0.512 e. The number of aliphatic hydroxyl groups is 1. The summed E-state index contributed by atoms with van der Waals surface area (Å²) in [5.41, 5.74) is 7.23. The number of aromatic nitrogens is 2. The van der Waals surface area contributed by atoms with Gasteiger partial charge in [0.15, 0.2) is 5.78 Å². The van der Waals surface area contributed by atoms with E-state index in [0.29, 0.717) is 0 Å². The van der Waals surface area contributed by atoms with Crippen LogP contribution in [-0.4, -0.2) is 20.9 Å². The van der Waals surface area contributed by atoms with Crippen LogP contribution < -0.4 is 0 Å². The van der Waals surface area contributed by atoms with Gasteiger partial charge in [0.25, 0.3) is 0 Å². The van der Waals surface area contributed by atoms with Gasteiger partial charge in [0.05, 0.1) is 0 Å². The number of rotatable bonds is 8. The first kappa shape index (κ1) is 38.2. The number of allylic oxidation sites excluding steroid dienone is 2. The maximum Gasteiger partial charge on any atom is 0.164 e. The monoisotopic (exact) mass is 836 g/mol. The van der Waals surface area contributed by atoms with Gasteiger partial charge < -0.3 is 9.52 Å². The summed E-state index contributed by atoms with van der Waals surface area (Å²) in [5.74, 6) is 1.25. The number of hydrogen-bond acceptors (Lipinski definition) is 5. The molecule has 1 N–H and O–H groups in total. The SMILES string of the molecule is CC(C)(C)c1cc(-c2nccc3oc4c(c23)CCc2cnccc2-4)[c-]c2ccccc12.CCC(C)(CC)C(=O)/C=C(\O)C(C)(CC)CC.[Ir]. The number of aliphatic hydroxyl groups excluding tert-OH is 1. The fourth-order valence-corrected chi connectivity index (χ4v) is 6.54. The first-order chi connectivity index (χ1) is 22.8. The van der Waals surface area contributed by atoms with Crippen molar-refractivity contribution in [2.75, 3.05) is 0 Å². The zero-order valence-corrected chi connectivity index (χ0v) is 33.0. The fraction of sp³-hybridized carbons (Fsp3) is 0.419. The second-order valence-corrected chi connectivity index (χ2v) is 14.8. The van der Waals surface area contributed by atoms with Crippen molar-refractivity contribution in [2.45, 2.75) is 106 Å². The molecule has 5 aromatic rings. The van der Waals surface area contributed by atoms with Crippen LogP contribution >= 0.6 is 0 Å². The smallest absolute Gasteiger partial charge is 0.164 e. The van der Waals surface area contributed by atoms with Gasteiger partial charge in [-0.05, 0) is 61.6 Å². The molecule has 1 aliphatic rings. The Kier molecular flexibility index (Phi) is 11.8. The van der Waals surface area contributed by atoms with Crippen molar-refractivity contribution in [3.63, 3.8) is 0 Å². The van der Waals surface area contributed by atoms with E-state index in [1.807, 2.05) is 66.2 Å². The third kappa shape index (κ3) is 7.47. The summed E-state index contributed by atoms with van der Waals surface area (Å²) in [6.45, 7) is 18.9. The Balaban J connectivity index is 0.000000260. The zero-order chi connectivity index (χ0) is 34.9. The molecule has 0 amide bonds. The second-order valence-electron chi connectivity index (χ2n) is 14.8. The van der Waals surface area contributed by atoms with Gasteiger partial charge in [0.2, 0.25) is 0 Å². The van der Waals surface area contributed by atoms with Crippen molar-refractivity contribution in [2.24, 2.45) is 10.8 Å². The molecule has 5 nitrogen and oxygen atoms in total. The van der Waals surface area contributed by atoms with E-state index in [1.54, 1.807) is 0 Å². The van der Waals surface area contributed by atoms with E-state index >= 15 is 0 Å². The number of fused-ring (bicyclic) bond motifs is 6. The quantitative estimate of drug-likeness (QED) is 0.0957. The molecule has 0 atom stereocenters. The molecule has 2 aromatic carbocycles. The number of furan rings is 1. The van der Waals surface area contributed by atoms with E-state index in [9.17, 15) is 9.90 Å². The number of benzene rings is 2. The van der Waals surface area contributed by atoms with Crippen molar-refractivity contribution >= 4 is 27.5 Å². The Morgan fingerprint density at radius 2 is 1.59 bits per heavy atom. The molecule has 49 heavy (non-hydrogen) atoms. The molecule has 0 saturated heterocycles. The number of carbonyl (C=O) groups excluding carboxylic acids is 1. The van der Waals surface area contributed by atoms with E-state index in [1.165, 1.54) is 28.2 Å². The molecule has 0 fully saturated rings. The predicted molar refractivity (Wildman–Crippen MR) is 198 cm³/mol. The average molecular weight is 836 g/mol. The molecule has 3 aromatic heterocycles. The number of pyridine rings is 2. The molecular weight excluding hydrogens is 785 g/mol. The van der Waals surface area contributed by atoms with Crippen LogP contribution in [0.5, 0.6) is 0 Å². The minimum atomic E-state index is -0.337. The molecule has 6 heteroatoms. The van der Waals surface area contributed by atoms with E-state index in [4.69, 9.17) is 9.40 Å². The van der Waals surface area contributed by atoms with Gasteiger partial charge in [-0.15, -0.1) is 29.1 Å². The maximum atomic E-state index is 12.2. The standard InChI is InChI=1S/C28H23N2O.C15H28O2.Ir/c1-28(2,3)23-15-19(14-17-6-4-5-7-20(17)23)26-25-22-9-8-18-16-29-12-10-21(18)27(22)31-24(25)11-13-30-26;1-7-14(5,8-2)12(16)11-13(17)15(6,9-3)10-4;/h4-7,10-13,15-16H,8-9H2,1-3H3;11,16H,7-10H2,1-6H3;/q-1;;/b;12-11-;. The van der Waals surface area contributed by atoms with E-state index < -0.39 is 0 Å². The molecule has 3 heterocycles. The topological polar surface area (TPSA) is 76.2 Å². The number of carbonyl (C=O) groups is 1. The second kappa shape index (κ2) is 15.1. The van der Waals surface area contributed by atoms with Gasteiger partial charge in [0.1, 0.15) is 17.1 Å². The van der Waals surface area contributed by atoms with Gasteiger partial charge in [0, 0.05) is 77.8 Å². The number of hydrogen-bond donors (Lipinski definition) is 1.